The van der Waals surface area contributed by atoms with Crippen LogP contribution in [-0.2, 0) is 10.0 Å². The molecule has 0 aliphatic heterocycles. The van der Waals surface area contributed by atoms with Crippen molar-refractivity contribution in [1.82, 2.24) is 4.72 Å². The number of rotatable bonds is 6. The molecule has 108 valence electrons. The summed E-state index contributed by atoms with van der Waals surface area (Å²) in [4.78, 5) is -0.478. The molecular weight excluding hydrogens is 271 g/mol. The summed E-state index contributed by atoms with van der Waals surface area (Å²) in [5, 5.41) is 9.90. The lowest BCUT2D eigenvalue weighted by molar-refractivity contribution is 0.0554. The highest BCUT2D eigenvalue weighted by molar-refractivity contribution is 7.89. The molecule has 0 aliphatic rings. The minimum absolute atomic E-state index is 0.148. The van der Waals surface area contributed by atoms with Crippen molar-refractivity contribution in [2.75, 3.05) is 12.3 Å². The van der Waals surface area contributed by atoms with Crippen LogP contribution in [-0.4, -0.2) is 25.7 Å². The molecule has 1 aromatic carbocycles. The molecule has 1 aromatic rings. The second-order valence-corrected chi connectivity index (χ2v) is 6.50. The summed E-state index contributed by atoms with van der Waals surface area (Å²) in [6.07, 6.45) is 1.16. The normalized spacial score (nSPS) is 15.2. The lowest BCUT2D eigenvalue weighted by atomic mass is 10.0. The number of halogens is 1. The lowest BCUT2D eigenvalue weighted by Gasteiger charge is -2.22. The minimum Gasteiger partial charge on any atom is -0.399 e. The average Bonchev–Trinajstić information content (AvgIpc) is 2.26. The van der Waals surface area contributed by atoms with Crippen molar-refractivity contribution in [2.45, 2.75) is 37.2 Å². The number of sulfonamides is 1. The van der Waals surface area contributed by atoms with Crippen molar-refractivity contribution in [2.24, 2.45) is 0 Å². The van der Waals surface area contributed by atoms with Gasteiger partial charge in [-0.3, -0.25) is 0 Å². The Balaban J connectivity index is 2.87. The molecular formula is C12H19FN2O3S. The van der Waals surface area contributed by atoms with Crippen LogP contribution in [0.4, 0.5) is 10.1 Å². The number of hydrogen-bond donors (Lipinski definition) is 3. The van der Waals surface area contributed by atoms with E-state index in [1.54, 1.807) is 0 Å². The maximum atomic E-state index is 13.6. The van der Waals surface area contributed by atoms with Crippen molar-refractivity contribution < 1.29 is 17.9 Å². The molecule has 0 saturated heterocycles. The summed E-state index contributed by atoms with van der Waals surface area (Å²) in [6, 6.07) is 3.35. The third-order valence-corrected chi connectivity index (χ3v) is 4.11. The number of hydrogen-bond acceptors (Lipinski definition) is 4. The quantitative estimate of drug-likeness (QED) is 0.687. The van der Waals surface area contributed by atoms with Gasteiger partial charge in [0.05, 0.1) is 5.60 Å². The zero-order valence-corrected chi connectivity index (χ0v) is 11.8. The maximum absolute atomic E-state index is 13.6. The van der Waals surface area contributed by atoms with Gasteiger partial charge in [0.1, 0.15) is 10.7 Å². The summed E-state index contributed by atoms with van der Waals surface area (Å²) in [7, 11) is -4.00. The molecule has 0 fully saturated rings. The van der Waals surface area contributed by atoms with E-state index in [0.29, 0.717) is 12.8 Å². The first-order valence-corrected chi connectivity index (χ1v) is 7.43. The number of nitrogens with two attached hydrogens (primary N) is 1. The van der Waals surface area contributed by atoms with Crippen LogP contribution in [0.15, 0.2) is 23.1 Å². The minimum atomic E-state index is -4.00. The van der Waals surface area contributed by atoms with Crippen LogP contribution in [0.3, 0.4) is 0 Å². The van der Waals surface area contributed by atoms with Gasteiger partial charge in [-0.1, -0.05) is 13.3 Å². The number of nitrogens with one attached hydrogen (secondary N) is 1. The molecule has 0 aromatic heterocycles. The molecule has 4 N–H and O–H groups in total. The summed E-state index contributed by atoms with van der Waals surface area (Å²) in [5.41, 5.74) is 4.35. The fraction of sp³-hybridized carbons (Fsp3) is 0.500. The monoisotopic (exact) mass is 290 g/mol. The molecule has 0 amide bonds. The summed E-state index contributed by atoms with van der Waals surface area (Å²) in [5.74, 6) is -0.914. The van der Waals surface area contributed by atoms with Gasteiger partial charge in [-0.2, -0.15) is 0 Å². The molecule has 7 heteroatoms. The molecule has 19 heavy (non-hydrogen) atoms. The number of anilines is 1. The van der Waals surface area contributed by atoms with Gasteiger partial charge in [-0.15, -0.1) is 0 Å². The second-order valence-electron chi connectivity index (χ2n) is 4.76. The van der Waals surface area contributed by atoms with Gasteiger partial charge >= 0.3 is 0 Å². The van der Waals surface area contributed by atoms with E-state index in [1.165, 1.54) is 13.0 Å². The fourth-order valence-corrected chi connectivity index (χ4v) is 2.91. The molecule has 1 unspecified atom stereocenters. The standard InChI is InChI=1S/C12H19FN2O3S/c1-3-6-12(2,16)8-15-19(17,18)11-5-4-9(14)7-10(11)13/h4-5,7,15-16H,3,6,8,14H2,1-2H3. The second kappa shape index (κ2) is 5.85. The number of nitrogen functional groups attached to an aromatic ring is 1. The summed E-state index contributed by atoms with van der Waals surface area (Å²) < 4.78 is 39.6. The van der Waals surface area contributed by atoms with Gasteiger partial charge in [-0.05, 0) is 31.5 Å². The van der Waals surface area contributed by atoms with Crippen molar-refractivity contribution in [3.8, 4) is 0 Å². The molecule has 0 radical (unpaired) electrons. The van der Waals surface area contributed by atoms with E-state index in [0.717, 1.165) is 12.1 Å². The Kier molecular flexibility index (Phi) is 4.89. The van der Waals surface area contributed by atoms with Crippen molar-refractivity contribution >= 4 is 15.7 Å². The first kappa shape index (κ1) is 15.9. The third kappa shape index (κ3) is 4.45. The van der Waals surface area contributed by atoms with Crippen LogP contribution in [0.25, 0.3) is 0 Å². The predicted octanol–water partition coefficient (Wildman–Crippen LogP) is 1.24. The summed E-state index contributed by atoms with van der Waals surface area (Å²) in [6.45, 7) is 3.23. The average molecular weight is 290 g/mol. The number of benzene rings is 1. The molecule has 0 heterocycles. The lowest BCUT2D eigenvalue weighted by Crippen LogP contribution is -2.40. The van der Waals surface area contributed by atoms with Gasteiger partial charge in [0.25, 0.3) is 0 Å². The molecule has 1 rings (SSSR count). The largest absolute Gasteiger partial charge is 0.399 e. The Labute approximate surface area is 112 Å². The first-order chi connectivity index (χ1) is 8.68. The van der Waals surface area contributed by atoms with E-state index < -0.39 is 26.3 Å². The van der Waals surface area contributed by atoms with Gasteiger partial charge in [-0.25, -0.2) is 17.5 Å². The van der Waals surface area contributed by atoms with Gasteiger partial charge < -0.3 is 10.8 Å². The Hall–Kier alpha value is -1.18. The van der Waals surface area contributed by atoms with E-state index in [2.05, 4.69) is 4.72 Å². The highest BCUT2D eigenvalue weighted by Crippen LogP contribution is 2.18. The van der Waals surface area contributed by atoms with E-state index in [-0.39, 0.29) is 12.2 Å². The van der Waals surface area contributed by atoms with Crippen molar-refractivity contribution in [3.05, 3.63) is 24.0 Å². The van der Waals surface area contributed by atoms with Crippen LogP contribution >= 0.6 is 0 Å². The van der Waals surface area contributed by atoms with Crippen LogP contribution in [0.2, 0.25) is 0 Å². The van der Waals surface area contributed by atoms with Gasteiger partial charge in [0.2, 0.25) is 10.0 Å². The highest BCUT2D eigenvalue weighted by atomic mass is 32.2. The molecule has 0 aliphatic carbocycles. The van der Waals surface area contributed by atoms with E-state index in [1.807, 2.05) is 6.92 Å². The van der Waals surface area contributed by atoms with Gasteiger partial charge in [0.15, 0.2) is 0 Å². The van der Waals surface area contributed by atoms with Gasteiger partial charge in [0, 0.05) is 12.2 Å². The molecule has 0 spiro atoms. The first-order valence-electron chi connectivity index (χ1n) is 5.95. The zero-order chi connectivity index (χ0) is 14.7. The number of aliphatic hydroxyl groups is 1. The van der Waals surface area contributed by atoms with Crippen LogP contribution in [0.1, 0.15) is 26.7 Å². The topological polar surface area (TPSA) is 92.4 Å². The smallest absolute Gasteiger partial charge is 0.243 e. The SMILES string of the molecule is CCCC(C)(O)CNS(=O)(=O)c1ccc(N)cc1F. The highest BCUT2D eigenvalue weighted by Gasteiger charge is 2.25. The predicted molar refractivity (Wildman–Crippen MR) is 71.5 cm³/mol. The molecule has 1 atom stereocenters. The van der Waals surface area contributed by atoms with Crippen LogP contribution < -0.4 is 10.5 Å². The van der Waals surface area contributed by atoms with E-state index in [4.69, 9.17) is 5.73 Å². The Bertz CT molecular complexity index is 544. The third-order valence-electron chi connectivity index (χ3n) is 2.68. The van der Waals surface area contributed by atoms with E-state index >= 15 is 0 Å². The molecule has 5 nitrogen and oxygen atoms in total. The van der Waals surface area contributed by atoms with E-state index in [9.17, 15) is 17.9 Å². The summed E-state index contributed by atoms with van der Waals surface area (Å²) >= 11 is 0. The fourth-order valence-electron chi connectivity index (χ4n) is 1.69. The Morgan fingerprint density at radius 1 is 1.47 bits per heavy atom. The molecule has 0 bridgehead atoms. The Morgan fingerprint density at radius 2 is 2.11 bits per heavy atom. The van der Waals surface area contributed by atoms with Crippen molar-refractivity contribution in [3.63, 3.8) is 0 Å². The Morgan fingerprint density at radius 3 is 2.63 bits per heavy atom. The van der Waals surface area contributed by atoms with Crippen LogP contribution in [0, 0.1) is 5.82 Å². The van der Waals surface area contributed by atoms with Crippen molar-refractivity contribution in [1.29, 1.82) is 0 Å². The maximum Gasteiger partial charge on any atom is 0.243 e. The molecule has 0 saturated carbocycles. The van der Waals surface area contributed by atoms with Crippen LogP contribution in [0.5, 0.6) is 0 Å². The zero-order valence-electron chi connectivity index (χ0n) is 11.0.